The molecule has 0 saturated carbocycles. The first kappa shape index (κ1) is 22.5. The molecule has 25 heavy (non-hydrogen) atoms. The van der Waals surface area contributed by atoms with Gasteiger partial charge in [0.05, 0.1) is 24.3 Å². The number of benzene rings is 1. The average molecular weight is 549 g/mol. The number of alkyl halides is 1. The first-order valence-electron chi connectivity index (χ1n) is 6.77. The molecule has 0 radical (unpaired) electrons. The molecular weight excluding hydrogens is 532 g/mol. The fraction of sp³-hybridized carbons (Fsp3) is 0.429. The van der Waals surface area contributed by atoms with Crippen molar-refractivity contribution in [1.82, 2.24) is 0 Å². The van der Waals surface area contributed by atoms with Gasteiger partial charge in [0.15, 0.2) is 0 Å². The van der Waals surface area contributed by atoms with Crippen molar-refractivity contribution < 1.29 is 30.0 Å². The van der Waals surface area contributed by atoms with Crippen LogP contribution in [0.2, 0.25) is 0 Å². The maximum absolute atomic E-state index is 12.2. The maximum Gasteiger partial charge on any atom is 0.250 e. The van der Waals surface area contributed by atoms with Crippen LogP contribution in [0.25, 0.3) is 0 Å². The number of aliphatic hydroxyl groups excluding tert-OH is 2. The van der Waals surface area contributed by atoms with Crippen LogP contribution < -0.4 is 11.5 Å². The predicted molar refractivity (Wildman–Crippen MR) is 100 cm³/mol. The third-order valence-corrected chi connectivity index (χ3v) is 6.71. The molecule has 1 aromatic rings. The average Bonchev–Trinajstić information content (AvgIpc) is 2.54. The standard InChI is InChI=1S/C14H17Br3N2O6/c1-13(24,3-20)7-5(11(18)22)8(14(25,2-15)4-21)10(17)9(16)6(7)12(19)23/h20-21,24-25H,2-4H2,1H3,(H2,18,22)(H2,19,23). The highest BCUT2D eigenvalue weighted by Crippen LogP contribution is 2.44. The Balaban J connectivity index is 4.28. The van der Waals surface area contributed by atoms with Crippen molar-refractivity contribution in [2.24, 2.45) is 11.5 Å². The maximum atomic E-state index is 12.2. The Kier molecular flexibility index (Phi) is 7.18. The molecule has 0 saturated heterocycles. The number of hydrogen-bond donors (Lipinski definition) is 6. The lowest BCUT2D eigenvalue weighted by Gasteiger charge is -2.33. The molecule has 2 atom stereocenters. The smallest absolute Gasteiger partial charge is 0.250 e. The van der Waals surface area contributed by atoms with Crippen molar-refractivity contribution in [2.75, 3.05) is 18.5 Å². The predicted octanol–water partition coefficient (Wildman–Crippen LogP) is 0.184. The summed E-state index contributed by atoms with van der Waals surface area (Å²) in [6, 6.07) is 0. The first-order valence-corrected chi connectivity index (χ1v) is 9.48. The van der Waals surface area contributed by atoms with Crippen LogP contribution in [0.3, 0.4) is 0 Å². The van der Waals surface area contributed by atoms with Crippen molar-refractivity contribution in [3.05, 3.63) is 31.2 Å². The minimum absolute atomic E-state index is 0.0246. The molecule has 11 heteroatoms. The monoisotopic (exact) mass is 546 g/mol. The van der Waals surface area contributed by atoms with Gasteiger partial charge in [-0.2, -0.15) is 0 Å². The van der Waals surface area contributed by atoms with Gasteiger partial charge in [-0.25, -0.2) is 0 Å². The van der Waals surface area contributed by atoms with E-state index in [2.05, 4.69) is 47.8 Å². The van der Waals surface area contributed by atoms with Gasteiger partial charge in [0.25, 0.3) is 0 Å². The molecule has 1 rings (SSSR count). The second-order valence-electron chi connectivity index (χ2n) is 5.61. The molecule has 0 aromatic heterocycles. The largest absolute Gasteiger partial charge is 0.393 e. The molecule has 0 heterocycles. The van der Waals surface area contributed by atoms with Gasteiger partial charge in [0.2, 0.25) is 11.8 Å². The van der Waals surface area contributed by atoms with Gasteiger partial charge in [0.1, 0.15) is 11.2 Å². The Morgan fingerprint density at radius 2 is 1.44 bits per heavy atom. The van der Waals surface area contributed by atoms with E-state index in [4.69, 9.17) is 11.5 Å². The number of carbonyl (C=O) groups excluding carboxylic acids is 2. The topological polar surface area (TPSA) is 167 Å². The normalized spacial score (nSPS) is 16.2. The molecular formula is C14H17Br3N2O6. The molecule has 0 spiro atoms. The number of carbonyl (C=O) groups is 2. The van der Waals surface area contributed by atoms with Crippen molar-refractivity contribution in [3.63, 3.8) is 0 Å². The van der Waals surface area contributed by atoms with E-state index in [0.717, 1.165) is 6.92 Å². The molecule has 8 nitrogen and oxygen atoms in total. The molecule has 0 aliphatic rings. The summed E-state index contributed by atoms with van der Waals surface area (Å²) in [4.78, 5) is 24.1. The quantitative estimate of drug-likeness (QED) is 0.266. The summed E-state index contributed by atoms with van der Waals surface area (Å²) in [5, 5.41) is 40.2. The highest BCUT2D eigenvalue weighted by atomic mass is 79.9. The molecule has 1 aromatic carbocycles. The second kappa shape index (κ2) is 7.99. The zero-order valence-electron chi connectivity index (χ0n) is 13.0. The lowest BCUT2D eigenvalue weighted by Crippen LogP contribution is -2.40. The van der Waals surface area contributed by atoms with Crippen molar-refractivity contribution in [3.8, 4) is 0 Å². The van der Waals surface area contributed by atoms with Crippen LogP contribution >= 0.6 is 47.8 Å². The SMILES string of the molecule is CC(O)(CO)c1c(C(N)=O)c(Br)c(Br)c(C(O)(CO)CBr)c1C(N)=O. The Morgan fingerprint density at radius 3 is 1.76 bits per heavy atom. The van der Waals surface area contributed by atoms with Crippen LogP contribution in [0, 0.1) is 0 Å². The number of hydrogen-bond acceptors (Lipinski definition) is 6. The highest BCUT2D eigenvalue weighted by molar-refractivity contribution is 9.13. The third kappa shape index (κ3) is 3.92. The summed E-state index contributed by atoms with van der Waals surface area (Å²) in [6.45, 7) is -0.523. The van der Waals surface area contributed by atoms with E-state index in [9.17, 15) is 30.0 Å². The van der Waals surface area contributed by atoms with Gasteiger partial charge in [-0.15, -0.1) is 0 Å². The Bertz CT molecular complexity index is 719. The van der Waals surface area contributed by atoms with Gasteiger partial charge in [-0.3, -0.25) is 9.59 Å². The van der Waals surface area contributed by atoms with Gasteiger partial charge in [0, 0.05) is 25.4 Å². The van der Waals surface area contributed by atoms with Gasteiger partial charge >= 0.3 is 0 Å². The first-order chi connectivity index (χ1) is 11.4. The van der Waals surface area contributed by atoms with Gasteiger partial charge in [-0.05, 0) is 38.8 Å². The Hall–Kier alpha value is -0.560. The van der Waals surface area contributed by atoms with Crippen molar-refractivity contribution in [1.29, 1.82) is 0 Å². The summed E-state index contributed by atoms with van der Waals surface area (Å²) in [6.07, 6.45) is 0. The Labute approximate surface area is 168 Å². The van der Waals surface area contributed by atoms with Gasteiger partial charge < -0.3 is 31.9 Å². The fourth-order valence-corrected chi connectivity index (χ4v) is 4.22. The van der Waals surface area contributed by atoms with E-state index in [1.807, 2.05) is 0 Å². The van der Waals surface area contributed by atoms with E-state index in [1.54, 1.807) is 0 Å². The molecule has 8 N–H and O–H groups in total. The summed E-state index contributed by atoms with van der Waals surface area (Å²) >= 11 is 9.35. The van der Waals surface area contributed by atoms with Crippen LogP contribution in [0.1, 0.15) is 38.8 Å². The summed E-state index contributed by atoms with van der Waals surface area (Å²) in [5.41, 5.74) is 5.49. The number of primary amides is 2. The Morgan fingerprint density at radius 1 is 0.960 bits per heavy atom. The minimum atomic E-state index is -2.09. The minimum Gasteiger partial charge on any atom is -0.393 e. The molecule has 0 aliphatic carbocycles. The van der Waals surface area contributed by atoms with E-state index in [1.165, 1.54) is 0 Å². The van der Waals surface area contributed by atoms with Crippen molar-refractivity contribution in [2.45, 2.75) is 18.1 Å². The molecule has 2 amide bonds. The molecule has 0 bridgehead atoms. The molecule has 0 aliphatic heterocycles. The summed E-state index contributed by atoms with van der Waals surface area (Å²) in [7, 11) is 0. The lowest BCUT2D eigenvalue weighted by atomic mass is 9.80. The van der Waals surface area contributed by atoms with E-state index in [0.29, 0.717) is 0 Å². The molecule has 140 valence electrons. The number of rotatable bonds is 7. The zero-order chi connectivity index (χ0) is 19.7. The van der Waals surface area contributed by atoms with E-state index >= 15 is 0 Å². The van der Waals surface area contributed by atoms with E-state index < -0.39 is 41.8 Å². The summed E-state index contributed by atoms with van der Waals surface area (Å²) in [5.74, 6) is -2.10. The highest BCUT2D eigenvalue weighted by Gasteiger charge is 2.42. The fourth-order valence-electron chi connectivity index (χ4n) is 2.41. The number of aliphatic hydroxyl groups is 4. The van der Waals surface area contributed by atoms with Crippen LogP contribution in [-0.4, -0.2) is 50.8 Å². The number of amides is 2. The molecule has 2 unspecified atom stereocenters. The lowest BCUT2D eigenvalue weighted by molar-refractivity contribution is -0.00781. The summed E-state index contributed by atoms with van der Waals surface area (Å²) < 4.78 is 0.0696. The van der Waals surface area contributed by atoms with Crippen LogP contribution in [0.15, 0.2) is 8.95 Å². The van der Waals surface area contributed by atoms with Crippen molar-refractivity contribution >= 4 is 59.6 Å². The van der Waals surface area contributed by atoms with Gasteiger partial charge in [-0.1, -0.05) is 15.9 Å². The third-order valence-electron chi connectivity index (χ3n) is 3.67. The van der Waals surface area contributed by atoms with Crippen LogP contribution in [0.5, 0.6) is 0 Å². The molecule has 0 fully saturated rings. The zero-order valence-corrected chi connectivity index (χ0v) is 17.8. The van der Waals surface area contributed by atoms with Crippen LogP contribution in [-0.2, 0) is 11.2 Å². The second-order valence-corrected chi connectivity index (χ2v) is 7.76. The number of nitrogens with two attached hydrogens (primary N) is 2. The van der Waals surface area contributed by atoms with Crippen LogP contribution in [0.4, 0.5) is 0 Å². The number of halogens is 3. The van der Waals surface area contributed by atoms with E-state index in [-0.39, 0.29) is 31.0 Å².